The van der Waals surface area contributed by atoms with E-state index in [9.17, 15) is 9.59 Å². The molecule has 0 spiro atoms. The van der Waals surface area contributed by atoms with Gasteiger partial charge in [-0.25, -0.2) is 0 Å². The number of hydrogen-bond acceptors (Lipinski definition) is 5. The second-order valence-corrected chi connectivity index (χ2v) is 8.12. The van der Waals surface area contributed by atoms with Gasteiger partial charge in [0.25, 0.3) is 5.91 Å². The van der Waals surface area contributed by atoms with Gasteiger partial charge < -0.3 is 19.0 Å². The van der Waals surface area contributed by atoms with Gasteiger partial charge in [-0.15, -0.1) is 0 Å². The largest absolute Gasteiger partial charge is 0.490 e. The third-order valence-corrected chi connectivity index (χ3v) is 6.18. The van der Waals surface area contributed by atoms with E-state index in [0.29, 0.717) is 35.4 Å². The topological polar surface area (TPSA) is 63.0 Å². The third kappa shape index (κ3) is 4.44. The first-order valence-corrected chi connectivity index (χ1v) is 11.5. The molecule has 1 aliphatic heterocycles. The van der Waals surface area contributed by atoms with Gasteiger partial charge in [0.15, 0.2) is 5.43 Å². The minimum atomic E-state index is -0.516. The Labute approximate surface area is 194 Å². The maximum Gasteiger partial charge on any atom is 0.290 e. The fourth-order valence-electron chi connectivity index (χ4n) is 4.48. The van der Waals surface area contributed by atoms with Crippen LogP contribution in [0.4, 0.5) is 0 Å². The second kappa shape index (κ2) is 10.0. The molecule has 3 aromatic rings. The van der Waals surface area contributed by atoms with Crippen molar-refractivity contribution in [2.45, 2.75) is 26.3 Å². The second-order valence-electron chi connectivity index (χ2n) is 8.12. The van der Waals surface area contributed by atoms with E-state index in [1.54, 1.807) is 29.2 Å². The van der Waals surface area contributed by atoms with Gasteiger partial charge in [0.1, 0.15) is 17.9 Å². The third-order valence-electron chi connectivity index (χ3n) is 6.18. The molecule has 0 fully saturated rings. The molecule has 1 amide bonds. The van der Waals surface area contributed by atoms with Crippen LogP contribution in [-0.2, 0) is 0 Å². The van der Waals surface area contributed by atoms with Crippen molar-refractivity contribution in [3.63, 3.8) is 0 Å². The first kappa shape index (κ1) is 22.8. The van der Waals surface area contributed by atoms with Crippen molar-refractivity contribution in [2.24, 2.45) is 0 Å². The highest BCUT2D eigenvalue weighted by Gasteiger charge is 2.42. The molecule has 0 saturated carbocycles. The number of benzene rings is 2. The van der Waals surface area contributed by atoms with Crippen molar-refractivity contribution in [3.8, 4) is 5.75 Å². The molecule has 0 radical (unpaired) electrons. The zero-order valence-electron chi connectivity index (χ0n) is 19.3. The smallest absolute Gasteiger partial charge is 0.290 e. The zero-order valence-corrected chi connectivity index (χ0v) is 19.3. The van der Waals surface area contributed by atoms with Crippen molar-refractivity contribution >= 4 is 16.9 Å². The normalized spacial score (nSPS) is 15.3. The van der Waals surface area contributed by atoms with Crippen LogP contribution in [-0.4, -0.2) is 48.5 Å². The Hall–Kier alpha value is -3.38. The van der Waals surface area contributed by atoms with Crippen LogP contribution in [0.25, 0.3) is 11.0 Å². The Bertz CT molecular complexity index is 1210. The van der Waals surface area contributed by atoms with E-state index in [1.807, 2.05) is 30.3 Å². The lowest BCUT2D eigenvalue weighted by molar-refractivity contribution is 0.0720. The van der Waals surface area contributed by atoms with E-state index in [4.69, 9.17) is 9.15 Å². The fourth-order valence-corrected chi connectivity index (χ4v) is 4.48. The molecule has 4 rings (SSSR count). The molecule has 0 bridgehead atoms. The number of amides is 1. The SMILES string of the molecule is C=CCOc1cccc(C2c3c(oc4ccccc4c3=O)C(=O)N2CCCN(CC)CC)c1. The van der Waals surface area contributed by atoms with Crippen LogP contribution in [0.15, 0.2) is 70.4 Å². The number of fused-ring (bicyclic) bond motifs is 2. The van der Waals surface area contributed by atoms with E-state index >= 15 is 0 Å². The quantitative estimate of drug-likeness (QED) is 0.425. The predicted octanol–water partition coefficient (Wildman–Crippen LogP) is 4.63. The summed E-state index contributed by atoms with van der Waals surface area (Å²) in [5.41, 5.74) is 1.51. The monoisotopic (exact) mass is 446 g/mol. The highest BCUT2D eigenvalue weighted by atomic mass is 16.5. The van der Waals surface area contributed by atoms with Gasteiger partial charge in [-0.1, -0.05) is 50.8 Å². The molecule has 1 unspecified atom stereocenters. The van der Waals surface area contributed by atoms with Gasteiger partial charge >= 0.3 is 0 Å². The summed E-state index contributed by atoms with van der Waals surface area (Å²) in [5, 5.41) is 0.484. The van der Waals surface area contributed by atoms with Crippen molar-refractivity contribution in [2.75, 3.05) is 32.8 Å². The van der Waals surface area contributed by atoms with Crippen LogP contribution in [0.3, 0.4) is 0 Å². The van der Waals surface area contributed by atoms with Crippen LogP contribution in [0, 0.1) is 0 Å². The van der Waals surface area contributed by atoms with Gasteiger partial charge in [-0.3, -0.25) is 9.59 Å². The Morgan fingerprint density at radius 1 is 1.12 bits per heavy atom. The highest BCUT2D eigenvalue weighted by molar-refractivity contribution is 5.99. The lowest BCUT2D eigenvalue weighted by atomic mass is 9.98. The number of carbonyl (C=O) groups excluding carboxylic acids is 1. The highest BCUT2D eigenvalue weighted by Crippen LogP contribution is 2.39. The molecular weight excluding hydrogens is 416 g/mol. The molecule has 33 heavy (non-hydrogen) atoms. The van der Waals surface area contributed by atoms with Gasteiger partial charge in [-0.2, -0.15) is 0 Å². The number of hydrogen-bond donors (Lipinski definition) is 0. The van der Waals surface area contributed by atoms with Crippen molar-refractivity contribution in [3.05, 3.63) is 88.3 Å². The Morgan fingerprint density at radius 2 is 1.91 bits per heavy atom. The van der Waals surface area contributed by atoms with Crippen molar-refractivity contribution in [1.82, 2.24) is 9.80 Å². The standard InChI is InChI=1S/C27H30N2O4/c1-4-17-32-20-12-9-11-19(18-20)24-23-25(30)21-13-7-8-14-22(21)33-26(23)27(31)29(24)16-10-15-28(5-2)6-3/h4,7-9,11-14,18,24H,1,5-6,10,15-17H2,2-3H3. The van der Waals surface area contributed by atoms with Gasteiger partial charge in [-0.05, 0) is 55.9 Å². The molecule has 2 aromatic carbocycles. The fraction of sp³-hybridized carbons (Fsp3) is 0.333. The molecule has 1 aliphatic rings. The maximum absolute atomic E-state index is 13.5. The van der Waals surface area contributed by atoms with Gasteiger partial charge in [0.2, 0.25) is 5.76 Å². The first-order chi connectivity index (χ1) is 16.1. The summed E-state index contributed by atoms with van der Waals surface area (Å²) in [7, 11) is 0. The number of ether oxygens (including phenoxy) is 1. The average molecular weight is 447 g/mol. The summed E-state index contributed by atoms with van der Waals surface area (Å²) < 4.78 is 11.7. The first-order valence-electron chi connectivity index (χ1n) is 11.5. The molecule has 0 aliphatic carbocycles. The molecule has 0 saturated heterocycles. The number of rotatable bonds is 10. The average Bonchev–Trinajstić information content (AvgIpc) is 3.12. The van der Waals surface area contributed by atoms with E-state index in [2.05, 4.69) is 25.3 Å². The molecule has 0 N–H and O–H groups in total. The molecule has 172 valence electrons. The number of carbonyl (C=O) groups is 1. The summed E-state index contributed by atoms with van der Waals surface area (Å²) in [6.07, 6.45) is 2.49. The molecule has 2 heterocycles. The van der Waals surface area contributed by atoms with Crippen LogP contribution < -0.4 is 10.2 Å². The van der Waals surface area contributed by atoms with Crippen LogP contribution >= 0.6 is 0 Å². The summed E-state index contributed by atoms with van der Waals surface area (Å²) in [5.74, 6) is 0.570. The number of nitrogens with zero attached hydrogens (tertiary/aromatic N) is 2. The molecule has 6 heteroatoms. The van der Waals surface area contributed by atoms with Crippen molar-refractivity contribution < 1.29 is 13.9 Å². The molecule has 1 atom stereocenters. The lowest BCUT2D eigenvalue weighted by Crippen LogP contribution is -2.33. The minimum absolute atomic E-state index is 0.143. The van der Waals surface area contributed by atoms with E-state index < -0.39 is 6.04 Å². The predicted molar refractivity (Wildman–Crippen MR) is 130 cm³/mol. The van der Waals surface area contributed by atoms with Crippen LogP contribution in [0.2, 0.25) is 0 Å². The van der Waals surface area contributed by atoms with E-state index in [1.165, 1.54) is 0 Å². The summed E-state index contributed by atoms with van der Waals surface area (Å²) >= 11 is 0. The Kier molecular flexibility index (Phi) is 6.94. The van der Waals surface area contributed by atoms with E-state index in [0.717, 1.165) is 31.6 Å². The Balaban J connectivity index is 1.78. The summed E-state index contributed by atoms with van der Waals surface area (Å²) in [6.45, 7) is 11.7. The summed E-state index contributed by atoms with van der Waals surface area (Å²) in [4.78, 5) is 31.1. The van der Waals surface area contributed by atoms with Crippen LogP contribution in [0.5, 0.6) is 5.75 Å². The van der Waals surface area contributed by atoms with Gasteiger partial charge in [0, 0.05) is 6.54 Å². The van der Waals surface area contributed by atoms with Gasteiger partial charge in [0.05, 0.1) is 17.0 Å². The van der Waals surface area contributed by atoms with Crippen LogP contribution in [0.1, 0.15) is 48.0 Å². The Morgan fingerprint density at radius 3 is 2.67 bits per heavy atom. The molecule has 6 nitrogen and oxygen atoms in total. The molecule has 1 aromatic heterocycles. The number of para-hydroxylation sites is 1. The van der Waals surface area contributed by atoms with E-state index in [-0.39, 0.29) is 17.1 Å². The summed E-state index contributed by atoms with van der Waals surface area (Å²) in [6, 6.07) is 14.1. The zero-order chi connectivity index (χ0) is 23.4. The molecular formula is C27H30N2O4. The minimum Gasteiger partial charge on any atom is -0.490 e. The maximum atomic E-state index is 13.5. The lowest BCUT2D eigenvalue weighted by Gasteiger charge is -2.27. The van der Waals surface area contributed by atoms with Crippen molar-refractivity contribution in [1.29, 1.82) is 0 Å².